The van der Waals surface area contributed by atoms with Gasteiger partial charge in [0.15, 0.2) is 12.2 Å². The van der Waals surface area contributed by atoms with Crippen LogP contribution in [0.15, 0.2) is 84.9 Å². The Kier molecular flexibility index (Phi) is 11.1. The number of ether oxygens (including phenoxy) is 6. The summed E-state index contributed by atoms with van der Waals surface area (Å²) in [6.07, 6.45) is -6.89. The molecule has 0 bridgehead atoms. The maximum Gasteiger partial charge on any atom is 0.303 e. The van der Waals surface area contributed by atoms with E-state index in [-0.39, 0.29) is 11.4 Å². The van der Waals surface area contributed by atoms with E-state index in [0.717, 1.165) is 47.9 Å². The first kappa shape index (κ1) is 38.4. The van der Waals surface area contributed by atoms with Gasteiger partial charge >= 0.3 is 23.9 Å². The minimum Gasteiger partial charge on any atom is -0.463 e. The fraction of sp³-hybridized carbons (Fsp3) is 0.286. The number of benzene rings is 4. The summed E-state index contributed by atoms with van der Waals surface area (Å²) in [4.78, 5) is 77.8. The molecule has 0 aromatic heterocycles. The van der Waals surface area contributed by atoms with Crippen LogP contribution in [-0.4, -0.2) is 73.0 Å². The van der Waals surface area contributed by atoms with E-state index in [9.17, 15) is 28.8 Å². The van der Waals surface area contributed by atoms with E-state index < -0.39 is 73.0 Å². The molecule has 0 radical (unpaired) electrons. The normalized spacial score (nSPS) is 20.3. The van der Waals surface area contributed by atoms with Crippen LogP contribution in [0.4, 0.5) is 5.69 Å². The fourth-order valence-electron chi connectivity index (χ4n) is 7.11. The van der Waals surface area contributed by atoms with Crippen molar-refractivity contribution in [3.05, 3.63) is 107 Å². The van der Waals surface area contributed by atoms with Crippen molar-refractivity contribution < 1.29 is 57.2 Å². The number of amides is 2. The van der Waals surface area contributed by atoms with Gasteiger partial charge in [0.2, 0.25) is 12.4 Å². The number of hydrogen-bond donors (Lipinski definition) is 0. The SMILES string of the molecule is CC(=O)OC[C@H]1O[C@@H](Oc2ccc(N3C(=O)c4c(C)c(-c5ccccc5)c(-c5ccccc5)c(C)c4C3=O)cc2)[C@H](OC(C)=O)[C@@H](OC(C)=O)[C@@H]1OC(C)=O. The van der Waals surface area contributed by atoms with Gasteiger partial charge in [-0.3, -0.25) is 28.8 Å². The Labute approximate surface area is 317 Å². The highest BCUT2D eigenvalue weighted by Crippen LogP contribution is 2.45. The fourth-order valence-corrected chi connectivity index (χ4v) is 7.11. The topological polar surface area (TPSA) is 161 Å². The van der Waals surface area contributed by atoms with Gasteiger partial charge in [-0.1, -0.05) is 60.7 Å². The highest BCUT2D eigenvalue weighted by molar-refractivity contribution is 6.36. The molecule has 0 unspecified atom stereocenters. The summed E-state index contributed by atoms with van der Waals surface area (Å²) in [5.74, 6) is -3.80. The first-order chi connectivity index (χ1) is 26.3. The molecule has 4 aromatic rings. The van der Waals surface area contributed by atoms with Crippen LogP contribution in [0, 0.1) is 13.8 Å². The molecule has 1 fully saturated rings. The predicted octanol–water partition coefficient (Wildman–Crippen LogP) is 5.90. The first-order valence-electron chi connectivity index (χ1n) is 17.5. The number of carbonyl (C=O) groups excluding carboxylic acids is 6. The zero-order valence-electron chi connectivity index (χ0n) is 31.0. The molecule has 6 rings (SSSR count). The molecule has 2 aliphatic heterocycles. The number of anilines is 1. The molecule has 2 amide bonds. The summed E-state index contributed by atoms with van der Waals surface area (Å²) < 4.78 is 33.7. The minimum absolute atomic E-state index is 0.145. The van der Waals surface area contributed by atoms with E-state index in [1.165, 1.54) is 31.2 Å². The zero-order chi connectivity index (χ0) is 39.6. The molecule has 13 heteroatoms. The van der Waals surface area contributed by atoms with Crippen LogP contribution in [0.2, 0.25) is 0 Å². The average Bonchev–Trinajstić information content (AvgIpc) is 3.41. The highest BCUT2D eigenvalue weighted by Gasteiger charge is 2.53. The van der Waals surface area contributed by atoms with Crippen molar-refractivity contribution in [1.29, 1.82) is 0 Å². The summed E-state index contributed by atoms with van der Waals surface area (Å²) in [5, 5.41) is 0. The monoisotopic (exact) mass is 749 g/mol. The number of rotatable bonds is 10. The van der Waals surface area contributed by atoms with Crippen LogP contribution >= 0.6 is 0 Å². The van der Waals surface area contributed by atoms with E-state index in [1.807, 2.05) is 74.5 Å². The number of hydrogen-bond acceptors (Lipinski definition) is 12. The van der Waals surface area contributed by atoms with Crippen molar-refractivity contribution in [3.8, 4) is 28.0 Å². The maximum atomic E-state index is 14.2. The summed E-state index contributed by atoms with van der Waals surface area (Å²) >= 11 is 0. The Bertz CT molecular complexity index is 2060. The molecule has 0 N–H and O–H groups in total. The molecule has 13 nitrogen and oxygen atoms in total. The number of imide groups is 1. The Hall–Kier alpha value is -6.34. The molecule has 55 heavy (non-hydrogen) atoms. The third-order valence-corrected chi connectivity index (χ3v) is 9.25. The van der Waals surface area contributed by atoms with Crippen LogP contribution in [0.5, 0.6) is 5.75 Å². The summed E-state index contributed by atoms with van der Waals surface area (Å²) in [6.45, 7) is 7.82. The van der Waals surface area contributed by atoms with E-state index in [4.69, 9.17) is 28.4 Å². The highest BCUT2D eigenvalue weighted by atomic mass is 16.7. The van der Waals surface area contributed by atoms with E-state index in [1.54, 1.807) is 0 Å². The Balaban J connectivity index is 1.34. The number of nitrogens with zero attached hydrogens (tertiary/aromatic N) is 1. The first-order valence-corrected chi connectivity index (χ1v) is 17.5. The molecule has 2 aliphatic rings. The van der Waals surface area contributed by atoms with E-state index in [2.05, 4.69) is 0 Å². The predicted molar refractivity (Wildman–Crippen MR) is 197 cm³/mol. The number of fused-ring (bicyclic) bond motifs is 1. The van der Waals surface area contributed by atoms with E-state index >= 15 is 0 Å². The van der Waals surface area contributed by atoms with Crippen LogP contribution in [0.3, 0.4) is 0 Å². The third-order valence-electron chi connectivity index (χ3n) is 9.25. The lowest BCUT2D eigenvalue weighted by Crippen LogP contribution is -2.63. The van der Waals surface area contributed by atoms with Crippen molar-refractivity contribution in [2.75, 3.05) is 11.5 Å². The van der Waals surface area contributed by atoms with Gasteiger partial charge < -0.3 is 28.4 Å². The van der Waals surface area contributed by atoms with Crippen LogP contribution in [0.1, 0.15) is 59.5 Å². The summed E-state index contributed by atoms with van der Waals surface area (Å²) in [6, 6.07) is 25.5. The second-order valence-electron chi connectivity index (χ2n) is 13.1. The van der Waals surface area contributed by atoms with Gasteiger partial charge in [0.05, 0.1) is 16.8 Å². The molecule has 2 heterocycles. The molecule has 0 spiro atoms. The average molecular weight is 750 g/mol. The van der Waals surface area contributed by atoms with Crippen LogP contribution in [0.25, 0.3) is 22.3 Å². The molecular formula is C42H39NO12. The minimum atomic E-state index is -1.47. The van der Waals surface area contributed by atoms with E-state index in [0.29, 0.717) is 22.3 Å². The van der Waals surface area contributed by atoms with Crippen molar-refractivity contribution in [1.82, 2.24) is 0 Å². The standard InChI is InChI=1S/C42H39NO12/c1-22-33(28-13-9-7-10-14-28)34(29-15-11-8-12-16-29)23(2)36-35(22)40(48)43(41(36)49)30-17-19-31(20-18-30)54-42-39(53-27(6)47)38(52-26(5)46)37(51-25(4)45)32(55-42)21-50-24(3)44/h7-20,32,37-39,42H,21H2,1-6H3/t32-,37-,38+,39-,42-/m1/s1. The lowest BCUT2D eigenvalue weighted by molar-refractivity contribution is -0.288. The second-order valence-corrected chi connectivity index (χ2v) is 13.1. The van der Waals surface area contributed by atoms with Crippen molar-refractivity contribution >= 4 is 41.4 Å². The molecule has 0 aliphatic carbocycles. The van der Waals surface area contributed by atoms with Crippen molar-refractivity contribution in [2.45, 2.75) is 72.2 Å². The molecule has 4 aromatic carbocycles. The quantitative estimate of drug-likeness (QED) is 0.107. The molecular weight excluding hydrogens is 710 g/mol. The van der Waals surface area contributed by atoms with Gasteiger partial charge in [0.1, 0.15) is 18.5 Å². The smallest absolute Gasteiger partial charge is 0.303 e. The molecule has 284 valence electrons. The van der Waals surface area contributed by atoms with Gasteiger partial charge in [-0.15, -0.1) is 0 Å². The Morgan fingerprint density at radius 1 is 0.582 bits per heavy atom. The van der Waals surface area contributed by atoms with Gasteiger partial charge in [-0.2, -0.15) is 0 Å². The largest absolute Gasteiger partial charge is 0.463 e. The second kappa shape index (κ2) is 15.9. The molecule has 1 saturated heterocycles. The molecule has 5 atom stereocenters. The Morgan fingerprint density at radius 2 is 1.04 bits per heavy atom. The summed E-state index contributed by atoms with van der Waals surface area (Å²) in [5.41, 5.74) is 5.79. The van der Waals surface area contributed by atoms with Crippen LogP contribution < -0.4 is 9.64 Å². The van der Waals surface area contributed by atoms with Gasteiger partial charge in [0.25, 0.3) is 11.8 Å². The molecule has 0 saturated carbocycles. The lowest BCUT2D eigenvalue weighted by atomic mass is 9.82. The lowest BCUT2D eigenvalue weighted by Gasteiger charge is -2.43. The van der Waals surface area contributed by atoms with Gasteiger partial charge in [-0.25, -0.2) is 4.90 Å². The summed E-state index contributed by atoms with van der Waals surface area (Å²) in [7, 11) is 0. The van der Waals surface area contributed by atoms with Crippen molar-refractivity contribution in [3.63, 3.8) is 0 Å². The number of carbonyl (C=O) groups is 6. The number of esters is 4. The van der Waals surface area contributed by atoms with Gasteiger partial charge in [-0.05, 0) is 71.5 Å². The maximum absolute atomic E-state index is 14.2. The Morgan fingerprint density at radius 3 is 1.49 bits per heavy atom. The third kappa shape index (κ3) is 7.83. The zero-order valence-corrected chi connectivity index (χ0v) is 31.0. The van der Waals surface area contributed by atoms with Crippen LogP contribution in [-0.2, 0) is 42.9 Å². The van der Waals surface area contributed by atoms with Crippen molar-refractivity contribution in [2.24, 2.45) is 0 Å². The van der Waals surface area contributed by atoms with Gasteiger partial charge in [0, 0.05) is 27.7 Å².